The van der Waals surface area contributed by atoms with Gasteiger partial charge in [0.25, 0.3) is 5.56 Å². The zero-order chi connectivity index (χ0) is 24.1. The Hall–Kier alpha value is -3.84. The van der Waals surface area contributed by atoms with Gasteiger partial charge >= 0.3 is 0 Å². The van der Waals surface area contributed by atoms with Crippen LogP contribution in [0.3, 0.4) is 0 Å². The standard InChI is InChI=1S/C26H24ClN3O4/c1-33-19-9-10-20(24(15-19)34-2)29-25(31)13-11-21-26(32)30(16-17-6-4-3-5-7-17)23-12-8-18(27)14-22(23)28-21/h3-10,12,14-15H,11,13,16H2,1-2H3,(H,29,31). The number of ether oxygens (including phenoxy) is 2. The lowest BCUT2D eigenvalue weighted by molar-refractivity contribution is -0.116. The van der Waals surface area contributed by atoms with E-state index in [0.717, 1.165) is 5.56 Å². The highest BCUT2D eigenvalue weighted by molar-refractivity contribution is 6.31. The van der Waals surface area contributed by atoms with E-state index < -0.39 is 0 Å². The van der Waals surface area contributed by atoms with Crippen LogP contribution in [0, 0.1) is 0 Å². The predicted octanol–water partition coefficient (Wildman–Crippen LogP) is 4.69. The summed E-state index contributed by atoms with van der Waals surface area (Å²) in [6, 6.07) is 20.1. The molecule has 1 heterocycles. The molecule has 8 heteroatoms. The molecule has 0 aliphatic heterocycles. The number of nitrogens with zero attached hydrogens (tertiary/aromatic N) is 2. The largest absolute Gasteiger partial charge is 0.497 e. The first kappa shape index (κ1) is 23.3. The number of rotatable bonds is 8. The van der Waals surface area contributed by atoms with Gasteiger partial charge in [0.05, 0.1) is 37.5 Å². The molecule has 4 rings (SSSR count). The first-order valence-corrected chi connectivity index (χ1v) is 11.1. The topological polar surface area (TPSA) is 82.5 Å². The van der Waals surface area contributed by atoms with Crippen LogP contribution in [-0.4, -0.2) is 29.7 Å². The molecule has 0 spiro atoms. The summed E-state index contributed by atoms with van der Waals surface area (Å²) in [5.41, 5.74) is 2.89. The second kappa shape index (κ2) is 10.4. The fourth-order valence-electron chi connectivity index (χ4n) is 3.71. The molecule has 0 bridgehead atoms. The van der Waals surface area contributed by atoms with E-state index in [1.165, 1.54) is 7.11 Å². The van der Waals surface area contributed by atoms with Crippen molar-refractivity contribution < 1.29 is 14.3 Å². The molecule has 4 aromatic rings. The van der Waals surface area contributed by atoms with Gasteiger partial charge in [-0.05, 0) is 35.9 Å². The molecule has 0 unspecified atom stereocenters. The zero-order valence-corrected chi connectivity index (χ0v) is 19.6. The molecule has 1 amide bonds. The van der Waals surface area contributed by atoms with Crippen molar-refractivity contribution in [2.75, 3.05) is 19.5 Å². The first-order chi connectivity index (χ1) is 16.5. The van der Waals surface area contributed by atoms with Crippen LogP contribution < -0.4 is 20.3 Å². The van der Waals surface area contributed by atoms with Crippen LogP contribution >= 0.6 is 11.6 Å². The Morgan fingerprint density at radius 3 is 2.56 bits per heavy atom. The van der Waals surface area contributed by atoms with Gasteiger partial charge in [0.15, 0.2) is 0 Å². The van der Waals surface area contributed by atoms with Crippen molar-refractivity contribution in [3.8, 4) is 11.5 Å². The molecule has 0 aliphatic rings. The fraction of sp³-hybridized carbons (Fsp3) is 0.192. The minimum Gasteiger partial charge on any atom is -0.497 e. The van der Waals surface area contributed by atoms with E-state index >= 15 is 0 Å². The minimum absolute atomic E-state index is 0.0782. The van der Waals surface area contributed by atoms with Crippen LogP contribution in [0.4, 0.5) is 5.69 Å². The summed E-state index contributed by atoms with van der Waals surface area (Å²) >= 11 is 6.18. The summed E-state index contributed by atoms with van der Waals surface area (Å²) in [5, 5.41) is 3.35. The highest BCUT2D eigenvalue weighted by Gasteiger charge is 2.15. The molecule has 0 atom stereocenters. The molecule has 7 nitrogen and oxygen atoms in total. The number of aromatic nitrogens is 2. The molecule has 0 radical (unpaired) electrons. The van der Waals surface area contributed by atoms with E-state index in [0.29, 0.717) is 45.5 Å². The second-order valence-corrected chi connectivity index (χ2v) is 8.12. The van der Waals surface area contributed by atoms with Gasteiger partial charge in [0.1, 0.15) is 17.2 Å². The van der Waals surface area contributed by atoms with E-state index in [-0.39, 0.29) is 24.3 Å². The Morgan fingerprint density at radius 1 is 1.03 bits per heavy atom. The van der Waals surface area contributed by atoms with Crippen LogP contribution in [0.2, 0.25) is 5.02 Å². The van der Waals surface area contributed by atoms with Crippen molar-refractivity contribution in [1.29, 1.82) is 0 Å². The number of hydrogen-bond acceptors (Lipinski definition) is 5. The molecular weight excluding hydrogens is 454 g/mol. The van der Waals surface area contributed by atoms with E-state index in [4.69, 9.17) is 21.1 Å². The lowest BCUT2D eigenvalue weighted by Crippen LogP contribution is -2.27. The Morgan fingerprint density at radius 2 is 1.82 bits per heavy atom. The minimum atomic E-state index is -0.259. The smallest absolute Gasteiger partial charge is 0.273 e. The second-order valence-electron chi connectivity index (χ2n) is 7.68. The number of hydrogen-bond donors (Lipinski definition) is 1. The highest BCUT2D eigenvalue weighted by Crippen LogP contribution is 2.29. The molecular formula is C26H24ClN3O4. The van der Waals surface area contributed by atoms with Gasteiger partial charge in [-0.15, -0.1) is 0 Å². The maximum atomic E-state index is 13.3. The third-order valence-electron chi connectivity index (χ3n) is 5.43. The third kappa shape index (κ3) is 5.21. The van der Waals surface area contributed by atoms with Crippen molar-refractivity contribution in [1.82, 2.24) is 9.55 Å². The van der Waals surface area contributed by atoms with E-state index in [2.05, 4.69) is 10.3 Å². The molecule has 1 N–H and O–H groups in total. The van der Waals surface area contributed by atoms with Gasteiger partial charge in [-0.1, -0.05) is 41.9 Å². The van der Waals surface area contributed by atoms with Gasteiger partial charge in [-0.25, -0.2) is 4.98 Å². The molecule has 1 aromatic heterocycles. The lowest BCUT2D eigenvalue weighted by Gasteiger charge is -2.13. The van der Waals surface area contributed by atoms with Crippen LogP contribution in [-0.2, 0) is 17.8 Å². The molecule has 0 aliphatic carbocycles. The summed E-state index contributed by atoms with van der Waals surface area (Å²) in [7, 11) is 3.07. The van der Waals surface area contributed by atoms with E-state index in [1.54, 1.807) is 48.1 Å². The molecule has 0 saturated heterocycles. The van der Waals surface area contributed by atoms with Crippen LogP contribution in [0.5, 0.6) is 11.5 Å². The number of carbonyl (C=O) groups is 1. The average Bonchev–Trinajstić information content (AvgIpc) is 2.85. The summed E-state index contributed by atoms with van der Waals surface area (Å²) in [4.78, 5) is 30.5. The number of halogens is 1. The summed E-state index contributed by atoms with van der Waals surface area (Å²) in [5.74, 6) is 0.842. The van der Waals surface area contributed by atoms with E-state index in [1.807, 2.05) is 30.3 Å². The van der Waals surface area contributed by atoms with Gasteiger partial charge in [-0.2, -0.15) is 0 Å². The van der Waals surface area contributed by atoms with Gasteiger partial charge in [0.2, 0.25) is 5.91 Å². The number of anilines is 1. The van der Waals surface area contributed by atoms with E-state index in [9.17, 15) is 9.59 Å². The van der Waals surface area contributed by atoms with Crippen molar-refractivity contribution in [2.24, 2.45) is 0 Å². The summed E-state index contributed by atoms with van der Waals surface area (Å²) in [6.07, 6.45) is 0.259. The number of amides is 1. The Kier molecular flexibility index (Phi) is 7.13. The number of aryl methyl sites for hydroxylation is 1. The number of benzene rings is 3. The van der Waals surface area contributed by atoms with Gasteiger partial charge in [-0.3, -0.25) is 9.59 Å². The van der Waals surface area contributed by atoms with Crippen molar-refractivity contribution >= 4 is 34.2 Å². The Labute approximate surface area is 201 Å². The highest BCUT2D eigenvalue weighted by atomic mass is 35.5. The SMILES string of the molecule is COc1ccc(NC(=O)CCc2nc3cc(Cl)ccc3n(Cc3ccccc3)c2=O)c(OC)c1. The third-order valence-corrected chi connectivity index (χ3v) is 5.67. The van der Waals surface area contributed by atoms with Gasteiger partial charge < -0.3 is 19.4 Å². The number of fused-ring (bicyclic) bond motifs is 1. The monoisotopic (exact) mass is 477 g/mol. The van der Waals surface area contributed by atoms with Crippen molar-refractivity contribution in [3.63, 3.8) is 0 Å². The number of nitrogens with one attached hydrogen (secondary N) is 1. The maximum absolute atomic E-state index is 13.3. The summed E-state index contributed by atoms with van der Waals surface area (Å²) < 4.78 is 12.2. The van der Waals surface area contributed by atoms with Crippen LogP contribution in [0.15, 0.2) is 71.5 Å². The van der Waals surface area contributed by atoms with Crippen molar-refractivity contribution in [2.45, 2.75) is 19.4 Å². The fourth-order valence-corrected chi connectivity index (χ4v) is 3.87. The molecule has 34 heavy (non-hydrogen) atoms. The van der Waals surface area contributed by atoms with Gasteiger partial charge in [0, 0.05) is 23.9 Å². The quantitative estimate of drug-likeness (QED) is 0.398. The Bertz CT molecular complexity index is 1390. The van der Waals surface area contributed by atoms with Crippen molar-refractivity contribution in [3.05, 3.63) is 93.4 Å². The average molecular weight is 478 g/mol. The number of methoxy groups -OCH3 is 2. The molecule has 0 saturated carbocycles. The maximum Gasteiger partial charge on any atom is 0.273 e. The molecule has 174 valence electrons. The normalized spacial score (nSPS) is 10.8. The lowest BCUT2D eigenvalue weighted by atomic mass is 10.1. The zero-order valence-electron chi connectivity index (χ0n) is 18.9. The number of carbonyl (C=O) groups excluding carboxylic acids is 1. The first-order valence-electron chi connectivity index (χ1n) is 10.7. The Balaban J connectivity index is 1.59. The molecule has 3 aromatic carbocycles. The predicted molar refractivity (Wildman–Crippen MR) is 133 cm³/mol. The summed E-state index contributed by atoms with van der Waals surface area (Å²) in [6.45, 7) is 0.391. The molecule has 0 fully saturated rings. The van der Waals surface area contributed by atoms with Crippen LogP contribution in [0.1, 0.15) is 17.7 Å². The van der Waals surface area contributed by atoms with Crippen LogP contribution in [0.25, 0.3) is 11.0 Å².